The molecular formula is C31H27BN2O2. The van der Waals surface area contributed by atoms with Gasteiger partial charge in [0.25, 0.3) is 0 Å². The average molecular weight is 470 g/mol. The molecule has 0 spiro atoms. The first-order valence-corrected chi connectivity index (χ1v) is 12.3. The van der Waals surface area contributed by atoms with Crippen LogP contribution >= 0.6 is 0 Å². The molecule has 0 N–H and O–H groups in total. The zero-order valence-corrected chi connectivity index (χ0v) is 20.9. The van der Waals surface area contributed by atoms with Crippen LogP contribution in [0.15, 0.2) is 91.0 Å². The lowest BCUT2D eigenvalue weighted by atomic mass is 9.78. The van der Waals surface area contributed by atoms with E-state index in [4.69, 9.17) is 9.31 Å². The van der Waals surface area contributed by atoms with Crippen molar-refractivity contribution in [2.24, 2.45) is 0 Å². The number of rotatable bonds is 3. The van der Waals surface area contributed by atoms with E-state index in [0.29, 0.717) is 5.56 Å². The molecule has 0 radical (unpaired) electrons. The average Bonchev–Trinajstić information content (AvgIpc) is 3.33. The van der Waals surface area contributed by atoms with Gasteiger partial charge in [0, 0.05) is 16.3 Å². The molecule has 2 heterocycles. The highest BCUT2D eigenvalue weighted by atomic mass is 16.7. The predicted molar refractivity (Wildman–Crippen MR) is 147 cm³/mol. The fourth-order valence-electron chi connectivity index (χ4n) is 5.03. The SMILES string of the molecule is CC1(C)OB(c2ccc3c(c2)c2ccccc2n3-c2ccc(C#N)cc2-c2ccccc2)OC1(C)C. The second-order valence-electron chi connectivity index (χ2n) is 10.4. The van der Waals surface area contributed by atoms with E-state index in [1.165, 1.54) is 0 Å². The lowest BCUT2D eigenvalue weighted by Crippen LogP contribution is -2.41. The number of nitrogens with zero attached hydrogens (tertiary/aromatic N) is 2. The summed E-state index contributed by atoms with van der Waals surface area (Å²) in [6.07, 6.45) is 0. The van der Waals surface area contributed by atoms with E-state index in [2.05, 4.69) is 99.0 Å². The van der Waals surface area contributed by atoms with Crippen molar-refractivity contribution in [1.82, 2.24) is 4.57 Å². The number of hydrogen-bond donors (Lipinski definition) is 0. The molecule has 6 rings (SSSR count). The van der Waals surface area contributed by atoms with E-state index in [1.54, 1.807) is 0 Å². The molecule has 0 atom stereocenters. The minimum absolute atomic E-state index is 0.395. The third-order valence-corrected chi connectivity index (χ3v) is 7.67. The van der Waals surface area contributed by atoms with Crippen molar-refractivity contribution in [2.75, 3.05) is 0 Å². The topological polar surface area (TPSA) is 47.2 Å². The molecule has 0 saturated carbocycles. The fraction of sp³-hybridized carbons (Fsp3) is 0.194. The van der Waals surface area contributed by atoms with Crippen LogP contribution in [0.4, 0.5) is 0 Å². The first-order valence-electron chi connectivity index (χ1n) is 12.3. The summed E-state index contributed by atoms with van der Waals surface area (Å²) < 4.78 is 15.0. The predicted octanol–water partition coefficient (Wildman–Crippen LogP) is 6.62. The fourth-order valence-corrected chi connectivity index (χ4v) is 5.03. The van der Waals surface area contributed by atoms with Gasteiger partial charge in [-0.15, -0.1) is 0 Å². The van der Waals surface area contributed by atoms with Crippen LogP contribution in [0, 0.1) is 11.3 Å². The van der Waals surface area contributed by atoms with Gasteiger partial charge in [-0.05, 0) is 69.1 Å². The zero-order valence-electron chi connectivity index (χ0n) is 20.9. The highest BCUT2D eigenvalue weighted by Crippen LogP contribution is 2.39. The summed E-state index contributed by atoms with van der Waals surface area (Å²) >= 11 is 0. The van der Waals surface area contributed by atoms with Gasteiger partial charge in [-0.3, -0.25) is 0 Å². The van der Waals surface area contributed by atoms with Crippen LogP contribution in [0.25, 0.3) is 38.6 Å². The number of hydrogen-bond acceptors (Lipinski definition) is 3. The second-order valence-corrected chi connectivity index (χ2v) is 10.4. The summed E-state index contributed by atoms with van der Waals surface area (Å²) in [5, 5.41) is 11.9. The van der Waals surface area contributed by atoms with Gasteiger partial charge in [0.1, 0.15) is 0 Å². The molecule has 1 aromatic heterocycles. The Morgan fingerprint density at radius 2 is 1.39 bits per heavy atom. The smallest absolute Gasteiger partial charge is 0.399 e. The molecule has 0 aliphatic carbocycles. The third kappa shape index (κ3) is 3.45. The van der Waals surface area contributed by atoms with E-state index in [0.717, 1.165) is 44.1 Å². The summed E-state index contributed by atoms with van der Waals surface area (Å²) in [7, 11) is -0.420. The maximum Gasteiger partial charge on any atom is 0.494 e. The van der Waals surface area contributed by atoms with Crippen molar-refractivity contribution in [3.63, 3.8) is 0 Å². The maximum absolute atomic E-state index is 9.60. The summed E-state index contributed by atoms with van der Waals surface area (Å²) in [4.78, 5) is 0. The monoisotopic (exact) mass is 470 g/mol. The number of benzene rings is 4. The lowest BCUT2D eigenvalue weighted by molar-refractivity contribution is 0.00578. The summed E-state index contributed by atoms with van der Waals surface area (Å²) in [5.74, 6) is 0. The Balaban J connectivity index is 1.59. The molecule has 0 amide bonds. The summed E-state index contributed by atoms with van der Waals surface area (Å²) in [6.45, 7) is 8.31. The van der Waals surface area contributed by atoms with Crippen molar-refractivity contribution < 1.29 is 9.31 Å². The van der Waals surface area contributed by atoms with Crippen molar-refractivity contribution in [2.45, 2.75) is 38.9 Å². The molecule has 1 fully saturated rings. The minimum atomic E-state index is -0.420. The molecule has 5 aromatic rings. The van der Waals surface area contributed by atoms with Crippen LogP contribution in [-0.4, -0.2) is 22.9 Å². The van der Waals surface area contributed by atoms with Crippen LogP contribution < -0.4 is 5.46 Å². The van der Waals surface area contributed by atoms with E-state index in [9.17, 15) is 5.26 Å². The molecule has 0 unspecified atom stereocenters. The van der Waals surface area contributed by atoms with Gasteiger partial charge < -0.3 is 13.9 Å². The molecular weight excluding hydrogens is 443 g/mol. The molecule has 1 aliphatic rings. The van der Waals surface area contributed by atoms with Crippen LogP contribution in [0.2, 0.25) is 0 Å². The molecule has 176 valence electrons. The number of nitriles is 1. The number of fused-ring (bicyclic) bond motifs is 3. The van der Waals surface area contributed by atoms with Crippen LogP contribution in [-0.2, 0) is 9.31 Å². The van der Waals surface area contributed by atoms with Gasteiger partial charge in [-0.1, -0.05) is 60.7 Å². The number of para-hydroxylation sites is 1. The molecule has 4 aromatic carbocycles. The highest BCUT2D eigenvalue weighted by Gasteiger charge is 2.51. The van der Waals surface area contributed by atoms with Gasteiger partial charge in [-0.25, -0.2) is 0 Å². The Morgan fingerprint density at radius 3 is 2.11 bits per heavy atom. The lowest BCUT2D eigenvalue weighted by Gasteiger charge is -2.32. The zero-order chi connectivity index (χ0) is 25.1. The molecule has 1 saturated heterocycles. The van der Waals surface area contributed by atoms with Crippen molar-refractivity contribution >= 4 is 34.4 Å². The van der Waals surface area contributed by atoms with Crippen molar-refractivity contribution in [3.05, 3.63) is 96.6 Å². The van der Waals surface area contributed by atoms with Crippen LogP contribution in [0.3, 0.4) is 0 Å². The van der Waals surface area contributed by atoms with E-state index in [-0.39, 0.29) is 0 Å². The Kier molecular flexibility index (Phi) is 5.08. The largest absolute Gasteiger partial charge is 0.494 e. The standard InChI is InChI=1S/C31H27BN2O2/c1-30(2)31(3,4)36-32(35-30)23-15-17-29-26(19-23)24-12-8-9-13-27(24)34(29)28-16-14-21(20-33)18-25(28)22-10-6-5-7-11-22/h5-19H,1-4H3. The molecule has 36 heavy (non-hydrogen) atoms. The Hall–Kier alpha value is -3.85. The Bertz CT molecular complexity index is 1650. The van der Waals surface area contributed by atoms with Gasteiger partial charge in [-0.2, -0.15) is 5.26 Å². The second kappa shape index (κ2) is 8.10. The quantitative estimate of drug-likeness (QED) is 0.279. The van der Waals surface area contributed by atoms with Gasteiger partial charge in [0.05, 0.1) is 39.6 Å². The molecule has 1 aliphatic heterocycles. The van der Waals surface area contributed by atoms with Gasteiger partial charge in [0.15, 0.2) is 0 Å². The Morgan fingerprint density at radius 1 is 0.722 bits per heavy atom. The summed E-state index contributed by atoms with van der Waals surface area (Å²) in [6, 6.07) is 33.4. The van der Waals surface area contributed by atoms with Crippen LogP contribution in [0.5, 0.6) is 0 Å². The first-order chi connectivity index (χ1) is 17.3. The first kappa shape index (κ1) is 22.6. The molecule has 4 nitrogen and oxygen atoms in total. The van der Waals surface area contributed by atoms with E-state index < -0.39 is 18.3 Å². The van der Waals surface area contributed by atoms with Crippen molar-refractivity contribution in [1.29, 1.82) is 5.26 Å². The van der Waals surface area contributed by atoms with E-state index >= 15 is 0 Å². The number of aromatic nitrogens is 1. The highest BCUT2D eigenvalue weighted by molar-refractivity contribution is 6.62. The van der Waals surface area contributed by atoms with Gasteiger partial charge in [0.2, 0.25) is 0 Å². The minimum Gasteiger partial charge on any atom is -0.399 e. The third-order valence-electron chi connectivity index (χ3n) is 7.67. The molecule has 0 bridgehead atoms. The molecule has 5 heteroatoms. The van der Waals surface area contributed by atoms with E-state index in [1.807, 2.05) is 30.3 Å². The Labute approximate surface area is 211 Å². The van der Waals surface area contributed by atoms with Crippen molar-refractivity contribution in [3.8, 4) is 22.9 Å². The van der Waals surface area contributed by atoms with Gasteiger partial charge >= 0.3 is 7.12 Å². The maximum atomic E-state index is 9.60. The van der Waals surface area contributed by atoms with Crippen LogP contribution in [0.1, 0.15) is 33.3 Å². The summed E-state index contributed by atoms with van der Waals surface area (Å²) in [5.41, 5.74) is 6.19. The normalized spacial score (nSPS) is 16.5.